The molecule has 0 aliphatic carbocycles. The van der Waals surface area contributed by atoms with Crippen molar-refractivity contribution in [3.63, 3.8) is 0 Å². The van der Waals surface area contributed by atoms with Crippen molar-refractivity contribution in [1.82, 2.24) is 4.90 Å². The lowest BCUT2D eigenvalue weighted by atomic mass is 10.0. The predicted molar refractivity (Wildman–Crippen MR) is 123 cm³/mol. The fourth-order valence-corrected chi connectivity index (χ4v) is 4.02. The molecule has 0 saturated carbocycles. The van der Waals surface area contributed by atoms with Crippen LogP contribution >= 0.6 is 0 Å². The maximum atomic E-state index is 11.9. The van der Waals surface area contributed by atoms with E-state index in [9.17, 15) is 9.90 Å². The number of unbranched alkanes of at least 4 members (excludes halogenated alkanes) is 14. The molecule has 3 nitrogen and oxygen atoms in total. The van der Waals surface area contributed by atoms with Crippen molar-refractivity contribution in [2.75, 3.05) is 13.1 Å². The second kappa shape index (κ2) is 21.1. The van der Waals surface area contributed by atoms with Gasteiger partial charge in [-0.25, -0.2) is 0 Å². The van der Waals surface area contributed by atoms with Gasteiger partial charge in [0.2, 0.25) is 0 Å². The van der Waals surface area contributed by atoms with Crippen LogP contribution in [0.1, 0.15) is 136 Å². The summed E-state index contributed by atoms with van der Waals surface area (Å²) in [5.41, 5.74) is 0. The van der Waals surface area contributed by atoms with E-state index in [0.29, 0.717) is 0 Å². The third-order valence-electron chi connectivity index (χ3n) is 5.90. The molecule has 1 N–H and O–H groups in total. The summed E-state index contributed by atoms with van der Waals surface area (Å²) in [7, 11) is 0. The number of nitrogens with zero attached hydrogens (tertiary/aromatic N) is 1. The van der Waals surface area contributed by atoms with Gasteiger partial charge in [0, 0.05) is 0 Å². The molecule has 0 rings (SSSR count). The molecule has 0 saturated heterocycles. The number of carbonyl (C=O) groups is 1. The van der Waals surface area contributed by atoms with Crippen LogP contribution in [-0.2, 0) is 4.79 Å². The number of hydrogen-bond donors (Lipinski definition) is 1. The Labute approximate surface area is 176 Å². The van der Waals surface area contributed by atoms with E-state index < -0.39 is 5.97 Å². The van der Waals surface area contributed by atoms with Crippen LogP contribution in [0.4, 0.5) is 0 Å². The Morgan fingerprint density at radius 2 is 0.964 bits per heavy atom. The van der Waals surface area contributed by atoms with Gasteiger partial charge in [0.15, 0.2) is 0 Å². The van der Waals surface area contributed by atoms with Crippen LogP contribution in [0.2, 0.25) is 0 Å². The minimum Gasteiger partial charge on any atom is -0.480 e. The van der Waals surface area contributed by atoms with Gasteiger partial charge in [0.25, 0.3) is 0 Å². The van der Waals surface area contributed by atoms with Crippen molar-refractivity contribution in [1.29, 1.82) is 0 Å². The first-order valence-corrected chi connectivity index (χ1v) is 12.6. The largest absolute Gasteiger partial charge is 0.480 e. The van der Waals surface area contributed by atoms with E-state index in [0.717, 1.165) is 51.6 Å². The maximum absolute atomic E-state index is 11.9. The van der Waals surface area contributed by atoms with Crippen LogP contribution in [0.25, 0.3) is 0 Å². The fourth-order valence-electron chi connectivity index (χ4n) is 4.02. The summed E-state index contributed by atoms with van der Waals surface area (Å²) in [5.74, 6) is -0.609. The zero-order valence-electron chi connectivity index (χ0n) is 19.5. The van der Waals surface area contributed by atoms with E-state index in [1.54, 1.807) is 0 Å². The summed E-state index contributed by atoms with van der Waals surface area (Å²) in [6, 6.07) is -0.272. The zero-order chi connectivity index (χ0) is 20.9. The summed E-state index contributed by atoms with van der Waals surface area (Å²) < 4.78 is 0. The fraction of sp³-hybridized carbons (Fsp3) is 0.960. The molecule has 0 aromatic rings. The van der Waals surface area contributed by atoms with Crippen LogP contribution in [0.5, 0.6) is 0 Å². The Bertz CT molecular complexity index is 315. The zero-order valence-corrected chi connectivity index (χ0v) is 19.5. The van der Waals surface area contributed by atoms with Gasteiger partial charge in [0.05, 0.1) is 0 Å². The van der Waals surface area contributed by atoms with Crippen molar-refractivity contribution < 1.29 is 9.90 Å². The monoisotopic (exact) mass is 397 g/mol. The summed E-state index contributed by atoms with van der Waals surface area (Å²) >= 11 is 0. The Morgan fingerprint density at radius 1 is 0.607 bits per heavy atom. The molecule has 0 aliphatic rings. The summed E-state index contributed by atoms with van der Waals surface area (Å²) in [5, 5.41) is 9.80. The molecule has 1 unspecified atom stereocenters. The minimum absolute atomic E-state index is 0.272. The Balaban J connectivity index is 4.31. The number of carboxylic acid groups (broad SMARTS) is 1. The molecule has 168 valence electrons. The molecular formula is C25H51NO2. The average molecular weight is 398 g/mol. The van der Waals surface area contributed by atoms with Crippen LogP contribution in [-0.4, -0.2) is 35.1 Å². The number of hydrogen-bond acceptors (Lipinski definition) is 2. The van der Waals surface area contributed by atoms with Crippen molar-refractivity contribution >= 4 is 5.97 Å². The van der Waals surface area contributed by atoms with E-state index in [-0.39, 0.29) is 6.04 Å². The standard InChI is InChI=1S/C25H51NO2/c1-4-7-10-12-14-16-19-22-26(23-20-17-15-13-11-8-5-2)24(25(27)28)21-18-9-6-3/h24H,4-23H2,1-3H3,(H,27,28). The molecule has 0 bridgehead atoms. The highest BCUT2D eigenvalue weighted by Gasteiger charge is 2.24. The van der Waals surface area contributed by atoms with Crippen molar-refractivity contribution in [3.8, 4) is 0 Å². The lowest BCUT2D eigenvalue weighted by molar-refractivity contribution is -0.143. The van der Waals surface area contributed by atoms with E-state index in [1.165, 1.54) is 77.0 Å². The highest BCUT2D eigenvalue weighted by atomic mass is 16.4. The van der Waals surface area contributed by atoms with Gasteiger partial charge in [-0.1, -0.05) is 117 Å². The highest BCUT2D eigenvalue weighted by Crippen LogP contribution is 2.16. The molecule has 0 radical (unpaired) electrons. The molecule has 0 fully saturated rings. The quantitative estimate of drug-likeness (QED) is 0.189. The third kappa shape index (κ3) is 16.4. The lowest BCUT2D eigenvalue weighted by Gasteiger charge is -2.29. The normalized spacial score (nSPS) is 12.6. The van der Waals surface area contributed by atoms with Gasteiger partial charge in [-0.2, -0.15) is 0 Å². The van der Waals surface area contributed by atoms with Gasteiger partial charge in [-0.3, -0.25) is 9.69 Å². The minimum atomic E-state index is -0.609. The lowest BCUT2D eigenvalue weighted by Crippen LogP contribution is -2.42. The van der Waals surface area contributed by atoms with Crippen LogP contribution in [0, 0.1) is 0 Å². The SMILES string of the molecule is CCCCCCCCCN(CCCCCCCCC)C(CCCCC)C(=O)O. The summed E-state index contributed by atoms with van der Waals surface area (Å²) in [6.07, 6.45) is 22.2. The predicted octanol–water partition coefficient (Wildman–Crippen LogP) is 7.82. The number of rotatable bonds is 22. The van der Waals surface area contributed by atoms with Gasteiger partial charge < -0.3 is 5.11 Å². The van der Waals surface area contributed by atoms with E-state index in [4.69, 9.17) is 0 Å². The number of aliphatic carboxylic acids is 1. The molecule has 0 spiro atoms. The highest BCUT2D eigenvalue weighted by molar-refractivity contribution is 5.73. The van der Waals surface area contributed by atoms with Crippen molar-refractivity contribution in [2.24, 2.45) is 0 Å². The smallest absolute Gasteiger partial charge is 0.320 e. The summed E-state index contributed by atoms with van der Waals surface area (Å²) in [6.45, 7) is 8.63. The van der Waals surface area contributed by atoms with Crippen LogP contribution in [0.3, 0.4) is 0 Å². The van der Waals surface area contributed by atoms with Crippen LogP contribution < -0.4 is 0 Å². The van der Waals surface area contributed by atoms with E-state index in [2.05, 4.69) is 25.7 Å². The first-order valence-electron chi connectivity index (χ1n) is 12.6. The Morgan fingerprint density at radius 3 is 1.36 bits per heavy atom. The molecule has 0 aliphatic heterocycles. The topological polar surface area (TPSA) is 40.5 Å². The molecule has 0 aromatic heterocycles. The molecule has 0 amide bonds. The van der Waals surface area contributed by atoms with Crippen molar-refractivity contribution in [2.45, 2.75) is 142 Å². The first-order chi connectivity index (χ1) is 13.7. The van der Waals surface area contributed by atoms with Gasteiger partial charge in [-0.05, 0) is 32.4 Å². The van der Waals surface area contributed by atoms with Gasteiger partial charge in [-0.15, -0.1) is 0 Å². The number of carboxylic acids is 1. The molecule has 0 heterocycles. The first kappa shape index (κ1) is 27.4. The molecule has 0 aromatic carbocycles. The second-order valence-electron chi connectivity index (χ2n) is 8.63. The second-order valence-corrected chi connectivity index (χ2v) is 8.63. The Kier molecular flexibility index (Phi) is 20.7. The third-order valence-corrected chi connectivity index (χ3v) is 5.90. The Hall–Kier alpha value is -0.570. The van der Waals surface area contributed by atoms with Gasteiger partial charge in [0.1, 0.15) is 6.04 Å². The maximum Gasteiger partial charge on any atom is 0.320 e. The summed E-state index contributed by atoms with van der Waals surface area (Å²) in [4.78, 5) is 14.2. The average Bonchev–Trinajstić information content (AvgIpc) is 2.68. The molecule has 1 atom stereocenters. The van der Waals surface area contributed by atoms with Crippen molar-refractivity contribution in [3.05, 3.63) is 0 Å². The molecular weight excluding hydrogens is 346 g/mol. The van der Waals surface area contributed by atoms with Crippen LogP contribution in [0.15, 0.2) is 0 Å². The molecule has 28 heavy (non-hydrogen) atoms. The molecule has 3 heteroatoms. The van der Waals surface area contributed by atoms with Gasteiger partial charge >= 0.3 is 5.97 Å². The van der Waals surface area contributed by atoms with E-state index >= 15 is 0 Å². The van der Waals surface area contributed by atoms with E-state index in [1.807, 2.05) is 0 Å².